The lowest BCUT2D eigenvalue weighted by molar-refractivity contribution is -0.130. The van der Waals surface area contributed by atoms with Crippen LogP contribution in [0.4, 0.5) is 0 Å². The molecule has 0 spiro atoms. The third-order valence-electron chi connectivity index (χ3n) is 6.97. The van der Waals surface area contributed by atoms with E-state index in [2.05, 4.69) is 35.2 Å². The van der Waals surface area contributed by atoms with Crippen LogP contribution in [0, 0.1) is 0 Å². The van der Waals surface area contributed by atoms with E-state index in [1.807, 2.05) is 18.2 Å². The molecule has 2 aromatic rings. The van der Waals surface area contributed by atoms with Gasteiger partial charge in [-0.05, 0) is 73.3 Å². The SMILES string of the molecule is O=C(CSC(=S)N1CCCCC1)N1N=C(c2ccc3c(c2)CCCC3)CC1c1ccccc1. The molecule has 1 saturated heterocycles. The number of nitrogens with zero attached hydrogens (tertiary/aromatic N) is 3. The number of carbonyl (C=O) groups is 1. The number of hydrogen-bond donors (Lipinski definition) is 0. The van der Waals surface area contributed by atoms with Crippen LogP contribution >= 0.6 is 24.0 Å². The number of aryl methyl sites for hydroxylation is 2. The van der Waals surface area contributed by atoms with Gasteiger partial charge in [-0.1, -0.05) is 66.4 Å². The largest absolute Gasteiger partial charge is 0.358 e. The van der Waals surface area contributed by atoms with E-state index in [0.29, 0.717) is 5.75 Å². The number of fused-ring (bicyclic) bond motifs is 1. The highest BCUT2D eigenvalue weighted by Gasteiger charge is 2.33. The topological polar surface area (TPSA) is 35.9 Å². The van der Waals surface area contributed by atoms with E-state index in [1.165, 1.54) is 61.4 Å². The van der Waals surface area contributed by atoms with Crippen molar-refractivity contribution in [3.63, 3.8) is 0 Å². The first-order chi connectivity index (χ1) is 16.2. The maximum Gasteiger partial charge on any atom is 0.253 e. The summed E-state index contributed by atoms with van der Waals surface area (Å²) in [5, 5.41) is 6.60. The molecule has 2 heterocycles. The minimum atomic E-state index is -0.0612. The van der Waals surface area contributed by atoms with Crippen molar-refractivity contribution in [1.29, 1.82) is 0 Å². The quantitative estimate of drug-likeness (QED) is 0.526. The van der Waals surface area contributed by atoms with Crippen LogP contribution < -0.4 is 0 Å². The molecule has 0 N–H and O–H groups in total. The van der Waals surface area contributed by atoms with E-state index in [1.54, 1.807) is 5.01 Å². The van der Waals surface area contributed by atoms with Gasteiger partial charge in [0.15, 0.2) is 0 Å². The Hall–Kier alpha value is -2.18. The molecule has 33 heavy (non-hydrogen) atoms. The minimum Gasteiger partial charge on any atom is -0.358 e. The number of carbonyl (C=O) groups excluding carboxylic acids is 1. The number of likely N-dealkylation sites (tertiary alicyclic amines) is 1. The van der Waals surface area contributed by atoms with Crippen LogP contribution in [0.1, 0.15) is 66.8 Å². The van der Waals surface area contributed by atoms with Crippen molar-refractivity contribution in [2.45, 2.75) is 57.4 Å². The molecule has 1 unspecified atom stereocenters. The van der Waals surface area contributed by atoms with Gasteiger partial charge >= 0.3 is 0 Å². The monoisotopic (exact) mass is 477 g/mol. The second-order valence-corrected chi connectivity index (χ2v) is 10.8. The second kappa shape index (κ2) is 10.4. The summed E-state index contributed by atoms with van der Waals surface area (Å²) in [5.41, 5.74) is 6.22. The van der Waals surface area contributed by atoms with Gasteiger partial charge in [-0.3, -0.25) is 4.79 Å². The summed E-state index contributed by atoms with van der Waals surface area (Å²) in [5.74, 6) is 0.362. The molecule has 2 aliphatic heterocycles. The molecule has 1 amide bonds. The van der Waals surface area contributed by atoms with E-state index in [4.69, 9.17) is 17.3 Å². The van der Waals surface area contributed by atoms with Crippen LogP contribution in [0.15, 0.2) is 53.6 Å². The number of thioether (sulfide) groups is 1. The lowest BCUT2D eigenvalue weighted by Gasteiger charge is -2.29. The Kier molecular flexibility index (Phi) is 7.12. The van der Waals surface area contributed by atoms with Crippen LogP contribution in [0.2, 0.25) is 0 Å². The maximum atomic E-state index is 13.3. The Morgan fingerprint density at radius 1 is 0.970 bits per heavy atom. The second-order valence-electron chi connectivity index (χ2n) is 9.21. The summed E-state index contributed by atoms with van der Waals surface area (Å²) in [7, 11) is 0. The maximum absolute atomic E-state index is 13.3. The molecule has 0 aromatic heterocycles. The molecule has 172 valence electrons. The average Bonchev–Trinajstić information content (AvgIpc) is 3.33. The zero-order valence-electron chi connectivity index (χ0n) is 19.0. The standard InChI is InChI=1S/C27H31N3OS2/c31-26(19-33-27(32)29-15-7-2-8-16-29)30-25(21-10-3-1-4-11-21)18-24(28-30)23-14-13-20-9-5-6-12-22(20)17-23/h1,3-4,10-11,13-14,17,25H,2,5-9,12,15-16,18-19H2. The normalized spacial score (nSPS) is 20.4. The van der Waals surface area contributed by atoms with Gasteiger partial charge in [-0.25, -0.2) is 5.01 Å². The Bertz CT molecular complexity index is 1050. The lowest BCUT2D eigenvalue weighted by atomic mass is 9.89. The summed E-state index contributed by atoms with van der Waals surface area (Å²) >= 11 is 7.12. The molecule has 0 saturated carbocycles. The fourth-order valence-electron chi connectivity index (χ4n) is 5.12. The zero-order chi connectivity index (χ0) is 22.6. The number of thiocarbonyl (C=S) groups is 1. The van der Waals surface area contributed by atoms with Crippen molar-refractivity contribution >= 4 is 39.9 Å². The van der Waals surface area contributed by atoms with Crippen molar-refractivity contribution in [2.24, 2.45) is 5.10 Å². The summed E-state index contributed by atoms with van der Waals surface area (Å²) in [6.45, 7) is 2.02. The molecular weight excluding hydrogens is 446 g/mol. The van der Waals surface area contributed by atoms with Crippen LogP contribution in [0.5, 0.6) is 0 Å². The first-order valence-electron chi connectivity index (χ1n) is 12.2. The van der Waals surface area contributed by atoms with Crippen LogP contribution in [0.3, 0.4) is 0 Å². The Labute approximate surface area is 206 Å². The van der Waals surface area contributed by atoms with Gasteiger partial charge in [-0.2, -0.15) is 5.10 Å². The molecule has 6 heteroatoms. The Balaban J connectivity index is 1.34. The smallest absolute Gasteiger partial charge is 0.253 e. The summed E-state index contributed by atoms with van der Waals surface area (Å²) in [6, 6.07) is 17.0. The predicted octanol–water partition coefficient (Wildman–Crippen LogP) is 5.75. The average molecular weight is 478 g/mol. The molecule has 3 aliphatic rings. The molecule has 5 rings (SSSR count). The van der Waals surface area contributed by atoms with Gasteiger partial charge in [0, 0.05) is 19.5 Å². The van der Waals surface area contributed by atoms with Crippen LogP contribution in [-0.2, 0) is 17.6 Å². The van der Waals surface area contributed by atoms with Crippen molar-refractivity contribution < 1.29 is 4.79 Å². The first kappa shape index (κ1) is 22.6. The van der Waals surface area contributed by atoms with Crippen LogP contribution in [-0.4, -0.2) is 44.7 Å². The minimum absolute atomic E-state index is 0.0289. The number of hydrogen-bond acceptors (Lipinski definition) is 4. The third kappa shape index (κ3) is 5.17. The highest BCUT2D eigenvalue weighted by molar-refractivity contribution is 8.23. The van der Waals surface area contributed by atoms with Gasteiger partial charge in [-0.15, -0.1) is 0 Å². The molecule has 1 atom stereocenters. The molecule has 0 bridgehead atoms. The van der Waals surface area contributed by atoms with Crippen molar-refractivity contribution in [3.05, 3.63) is 70.8 Å². The van der Waals surface area contributed by atoms with Crippen molar-refractivity contribution in [2.75, 3.05) is 18.8 Å². The molecule has 0 radical (unpaired) electrons. The van der Waals surface area contributed by atoms with Crippen LogP contribution in [0.25, 0.3) is 0 Å². The van der Waals surface area contributed by atoms with E-state index in [9.17, 15) is 4.79 Å². The first-order valence-corrected chi connectivity index (χ1v) is 13.6. The molecule has 4 nitrogen and oxygen atoms in total. The lowest BCUT2D eigenvalue weighted by Crippen LogP contribution is -2.34. The number of hydrazone groups is 1. The molecular formula is C27H31N3OS2. The van der Waals surface area contributed by atoms with E-state index in [0.717, 1.165) is 47.1 Å². The highest BCUT2D eigenvalue weighted by Crippen LogP contribution is 2.34. The predicted molar refractivity (Wildman–Crippen MR) is 141 cm³/mol. The van der Waals surface area contributed by atoms with E-state index < -0.39 is 0 Å². The van der Waals surface area contributed by atoms with Gasteiger partial charge in [0.05, 0.1) is 17.5 Å². The Morgan fingerprint density at radius 3 is 2.52 bits per heavy atom. The zero-order valence-corrected chi connectivity index (χ0v) is 20.7. The fraction of sp³-hybridized carbons (Fsp3) is 0.444. The van der Waals surface area contributed by atoms with Gasteiger partial charge in [0.25, 0.3) is 5.91 Å². The van der Waals surface area contributed by atoms with E-state index in [-0.39, 0.29) is 11.9 Å². The number of rotatable bonds is 4. The highest BCUT2D eigenvalue weighted by atomic mass is 32.2. The molecule has 1 fully saturated rings. The third-order valence-corrected chi connectivity index (χ3v) is 8.47. The fourth-order valence-corrected chi connectivity index (χ4v) is 6.22. The summed E-state index contributed by atoms with van der Waals surface area (Å²) < 4.78 is 0.845. The summed E-state index contributed by atoms with van der Waals surface area (Å²) in [6.07, 6.45) is 9.25. The van der Waals surface area contributed by atoms with E-state index >= 15 is 0 Å². The number of benzene rings is 2. The van der Waals surface area contributed by atoms with Gasteiger partial charge in [0.2, 0.25) is 0 Å². The number of piperidine rings is 1. The summed E-state index contributed by atoms with van der Waals surface area (Å²) in [4.78, 5) is 15.6. The van der Waals surface area contributed by atoms with Gasteiger partial charge in [0.1, 0.15) is 4.32 Å². The van der Waals surface area contributed by atoms with Crippen molar-refractivity contribution in [3.8, 4) is 0 Å². The van der Waals surface area contributed by atoms with Gasteiger partial charge < -0.3 is 4.90 Å². The number of amides is 1. The molecule has 1 aliphatic carbocycles. The molecule has 2 aromatic carbocycles. The Morgan fingerprint density at radius 2 is 1.73 bits per heavy atom. The van der Waals surface area contributed by atoms with Crippen molar-refractivity contribution in [1.82, 2.24) is 9.91 Å².